The number of likely N-dealkylation sites (tertiary alicyclic amines) is 1. The van der Waals surface area contributed by atoms with Crippen molar-refractivity contribution in [1.29, 1.82) is 0 Å². The minimum Gasteiger partial charge on any atom is -0.459 e. The van der Waals surface area contributed by atoms with Crippen LogP contribution in [0.15, 0.2) is 18.2 Å². The highest BCUT2D eigenvalue weighted by Gasteiger charge is 2.39. The zero-order valence-corrected chi connectivity index (χ0v) is 14.0. The number of nitrogens with zero attached hydrogens (tertiary/aromatic N) is 1. The number of carbonyl (C=O) groups excluding carboxylic acids is 3. The lowest BCUT2D eigenvalue weighted by Gasteiger charge is -2.19. The van der Waals surface area contributed by atoms with Gasteiger partial charge in [0, 0.05) is 18.3 Å². The zero-order chi connectivity index (χ0) is 17.9. The number of amides is 2. The lowest BCUT2D eigenvalue weighted by atomic mass is 10.1. The smallest absolute Gasteiger partial charge is 0.397 e. The number of anilines is 1. The molecule has 1 aromatic carbocycles. The Morgan fingerprint density at radius 1 is 1.38 bits per heavy atom. The monoisotopic (exact) mass is 336 g/mol. The fraction of sp³-hybridized carbons (Fsp3) is 0.471. The summed E-state index contributed by atoms with van der Waals surface area (Å²) in [6, 6.07) is 4.10. The molecule has 7 heteroatoms. The third-order valence-corrected chi connectivity index (χ3v) is 4.08. The van der Waals surface area contributed by atoms with Gasteiger partial charge in [-0.3, -0.25) is 9.59 Å². The Morgan fingerprint density at radius 2 is 2.08 bits per heavy atom. The molecule has 0 radical (unpaired) electrons. The molecule has 1 aromatic rings. The predicted molar refractivity (Wildman–Crippen MR) is 85.7 cm³/mol. The van der Waals surface area contributed by atoms with Crippen LogP contribution in [0.25, 0.3) is 0 Å². The minimum atomic E-state index is -0.903. The van der Waals surface area contributed by atoms with Gasteiger partial charge in [0.05, 0.1) is 12.5 Å². The van der Waals surface area contributed by atoms with Gasteiger partial charge in [-0.1, -0.05) is 0 Å². The maximum Gasteiger partial charge on any atom is 0.397 e. The molecule has 24 heavy (non-hydrogen) atoms. The van der Waals surface area contributed by atoms with Crippen molar-refractivity contribution in [3.63, 3.8) is 0 Å². The van der Waals surface area contributed by atoms with E-state index in [-0.39, 0.29) is 30.9 Å². The predicted octanol–water partition coefficient (Wildman–Crippen LogP) is 1.87. The molecule has 0 bridgehead atoms. The second kappa shape index (κ2) is 7.42. The Kier molecular flexibility index (Phi) is 5.54. The molecular weight excluding hydrogens is 315 g/mol. The van der Waals surface area contributed by atoms with Crippen LogP contribution in [0.5, 0.6) is 0 Å². The fourth-order valence-corrected chi connectivity index (χ4v) is 2.78. The van der Waals surface area contributed by atoms with Gasteiger partial charge >= 0.3 is 11.9 Å². The Labute approximate surface area is 140 Å². The summed E-state index contributed by atoms with van der Waals surface area (Å²) in [7, 11) is 0. The summed E-state index contributed by atoms with van der Waals surface area (Å²) in [6.45, 7) is 5.31. The first-order valence-corrected chi connectivity index (χ1v) is 7.88. The summed E-state index contributed by atoms with van der Waals surface area (Å²) in [5.41, 5.74) is 0.938. The summed E-state index contributed by atoms with van der Waals surface area (Å²) in [6.07, 6.45) is 0.456. The Hall–Kier alpha value is -2.44. The van der Waals surface area contributed by atoms with E-state index in [0.29, 0.717) is 17.7 Å². The van der Waals surface area contributed by atoms with Crippen molar-refractivity contribution in [3.8, 4) is 0 Å². The Morgan fingerprint density at radius 3 is 2.71 bits per heavy atom. The average Bonchev–Trinajstić information content (AvgIpc) is 2.92. The Bertz CT molecular complexity index is 662. The number of benzene rings is 1. The highest BCUT2D eigenvalue weighted by atomic mass is 19.1. The molecule has 0 aromatic heterocycles. The molecule has 1 saturated heterocycles. The molecule has 2 unspecified atom stereocenters. The summed E-state index contributed by atoms with van der Waals surface area (Å²) < 4.78 is 18.0. The van der Waals surface area contributed by atoms with E-state index < -0.39 is 17.8 Å². The number of carbonyl (C=O) groups is 3. The van der Waals surface area contributed by atoms with Gasteiger partial charge in [-0.25, -0.2) is 9.18 Å². The molecule has 0 aliphatic carbocycles. The van der Waals surface area contributed by atoms with Gasteiger partial charge in [0.25, 0.3) is 0 Å². The van der Waals surface area contributed by atoms with E-state index in [0.717, 1.165) is 0 Å². The molecule has 0 saturated carbocycles. The van der Waals surface area contributed by atoms with Crippen molar-refractivity contribution < 1.29 is 23.5 Å². The van der Waals surface area contributed by atoms with Crippen LogP contribution in [0.3, 0.4) is 0 Å². The molecular formula is C17H21FN2O4. The van der Waals surface area contributed by atoms with Gasteiger partial charge in [0.1, 0.15) is 5.82 Å². The summed E-state index contributed by atoms with van der Waals surface area (Å²) >= 11 is 0. The maximum atomic E-state index is 13.3. The Balaban J connectivity index is 2.00. The SMILES string of the molecule is CCOC(=O)C(=O)N1CC(C(=O)Nc2ccc(F)c(C)c2)CC1C. The third-order valence-electron chi connectivity index (χ3n) is 4.08. The van der Waals surface area contributed by atoms with Crippen LogP contribution >= 0.6 is 0 Å². The largest absolute Gasteiger partial charge is 0.459 e. The van der Waals surface area contributed by atoms with Gasteiger partial charge < -0.3 is 15.0 Å². The molecule has 130 valence electrons. The lowest BCUT2D eigenvalue weighted by molar-refractivity contribution is -0.160. The van der Waals surface area contributed by atoms with E-state index >= 15 is 0 Å². The van der Waals surface area contributed by atoms with Gasteiger partial charge in [0.2, 0.25) is 5.91 Å². The van der Waals surface area contributed by atoms with Crippen molar-refractivity contribution >= 4 is 23.5 Å². The number of halogens is 1. The highest BCUT2D eigenvalue weighted by molar-refractivity contribution is 6.32. The molecule has 1 fully saturated rings. The molecule has 2 rings (SSSR count). The van der Waals surface area contributed by atoms with Gasteiger partial charge in [0.15, 0.2) is 0 Å². The zero-order valence-electron chi connectivity index (χ0n) is 14.0. The van der Waals surface area contributed by atoms with Crippen molar-refractivity contribution in [2.75, 3.05) is 18.5 Å². The fourth-order valence-electron chi connectivity index (χ4n) is 2.78. The quantitative estimate of drug-likeness (QED) is 0.675. The van der Waals surface area contributed by atoms with Crippen LogP contribution in [0.4, 0.5) is 10.1 Å². The molecule has 2 atom stereocenters. The van der Waals surface area contributed by atoms with E-state index in [1.165, 1.54) is 17.0 Å². The van der Waals surface area contributed by atoms with Crippen LogP contribution in [0, 0.1) is 18.7 Å². The summed E-state index contributed by atoms with van der Waals surface area (Å²) in [5, 5.41) is 2.73. The molecule has 1 aliphatic rings. The number of esters is 1. The average molecular weight is 336 g/mol. The van der Waals surface area contributed by atoms with Crippen LogP contribution in [-0.4, -0.2) is 41.9 Å². The minimum absolute atomic E-state index is 0.126. The lowest BCUT2D eigenvalue weighted by Crippen LogP contribution is -2.40. The van der Waals surface area contributed by atoms with E-state index in [4.69, 9.17) is 4.74 Å². The number of hydrogen-bond donors (Lipinski definition) is 1. The van der Waals surface area contributed by atoms with Gasteiger partial charge in [-0.15, -0.1) is 0 Å². The van der Waals surface area contributed by atoms with Crippen LogP contribution < -0.4 is 5.32 Å². The molecule has 1 N–H and O–H groups in total. The molecule has 1 aliphatic heterocycles. The molecule has 2 amide bonds. The van der Waals surface area contributed by atoms with E-state index in [9.17, 15) is 18.8 Å². The summed E-state index contributed by atoms with van der Waals surface area (Å²) in [5.74, 6) is -2.65. The van der Waals surface area contributed by atoms with Crippen LogP contribution in [-0.2, 0) is 19.1 Å². The van der Waals surface area contributed by atoms with Crippen LogP contribution in [0.2, 0.25) is 0 Å². The van der Waals surface area contributed by atoms with E-state index in [1.807, 2.05) is 0 Å². The molecule has 0 spiro atoms. The first-order valence-electron chi connectivity index (χ1n) is 7.88. The van der Waals surface area contributed by atoms with Crippen molar-refractivity contribution in [2.45, 2.75) is 33.2 Å². The maximum absolute atomic E-state index is 13.3. The normalized spacial score (nSPS) is 19.9. The molecule has 1 heterocycles. The second-order valence-electron chi connectivity index (χ2n) is 5.91. The molecule has 6 nitrogen and oxygen atoms in total. The number of rotatable bonds is 3. The van der Waals surface area contributed by atoms with E-state index in [1.54, 1.807) is 26.8 Å². The number of ether oxygens (including phenoxy) is 1. The van der Waals surface area contributed by atoms with Gasteiger partial charge in [-0.05, 0) is 51.0 Å². The second-order valence-corrected chi connectivity index (χ2v) is 5.91. The van der Waals surface area contributed by atoms with Crippen LogP contribution in [0.1, 0.15) is 25.8 Å². The van der Waals surface area contributed by atoms with Gasteiger partial charge in [-0.2, -0.15) is 0 Å². The topological polar surface area (TPSA) is 75.7 Å². The highest BCUT2D eigenvalue weighted by Crippen LogP contribution is 2.25. The summed E-state index contributed by atoms with van der Waals surface area (Å²) in [4.78, 5) is 37.3. The third kappa shape index (κ3) is 3.90. The number of aryl methyl sites for hydroxylation is 1. The first kappa shape index (κ1) is 17.9. The standard InChI is InChI=1S/C17H21FN2O4/c1-4-24-17(23)16(22)20-9-12(8-11(20)3)15(21)19-13-5-6-14(18)10(2)7-13/h5-7,11-12H,4,8-9H2,1-3H3,(H,19,21). The van der Waals surface area contributed by atoms with Crippen molar-refractivity contribution in [2.24, 2.45) is 5.92 Å². The van der Waals surface area contributed by atoms with Crippen molar-refractivity contribution in [3.05, 3.63) is 29.6 Å². The van der Waals surface area contributed by atoms with Crippen molar-refractivity contribution in [1.82, 2.24) is 4.90 Å². The number of hydrogen-bond acceptors (Lipinski definition) is 4. The van der Waals surface area contributed by atoms with E-state index in [2.05, 4.69) is 5.32 Å². The number of nitrogens with one attached hydrogen (secondary N) is 1. The first-order chi connectivity index (χ1) is 11.3.